The second-order valence-corrected chi connectivity index (χ2v) is 7.24. The second-order valence-electron chi connectivity index (χ2n) is 7.24. The average Bonchev–Trinajstić information content (AvgIpc) is 2.06. The molecule has 4 fully saturated rings. The van der Waals surface area contributed by atoms with Crippen LogP contribution in [-0.2, 0) is 0 Å². The molecule has 0 spiro atoms. The fourth-order valence-electron chi connectivity index (χ4n) is 5.41. The van der Waals surface area contributed by atoms with Gasteiger partial charge in [0.2, 0.25) is 0 Å². The molecule has 4 aliphatic carbocycles. The molecule has 19 heavy (non-hydrogen) atoms. The lowest BCUT2D eigenvalue weighted by Crippen LogP contribution is -2.48. The van der Waals surface area contributed by atoms with Crippen molar-refractivity contribution in [1.29, 1.82) is 0 Å². The van der Waals surface area contributed by atoms with Crippen LogP contribution in [0.2, 0.25) is 0 Å². The van der Waals surface area contributed by atoms with Crippen LogP contribution in [0.15, 0.2) is 0 Å². The summed E-state index contributed by atoms with van der Waals surface area (Å²) in [5, 5.41) is 0. The predicted octanol–water partition coefficient (Wildman–Crippen LogP) is 5.18. The van der Waals surface area contributed by atoms with E-state index in [0.717, 1.165) is 38.5 Å². The molecule has 0 nitrogen and oxygen atoms in total. The van der Waals surface area contributed by atoms with Gasteiger partial charge in [0.25, 0.3) is 5.92 Å². The number of halogens is 5. The fourth-order valence-corrected chi connectivity index (χ4v) is 5.41. The molecule has 0 unspecified atom stereocenters. The molecule has 0 radical (unpaired) electrons. The maximum Gasteiger partial charge on any atom is 0.394 e. The fraction of sp³-hybridized carbons (Fsp3) is 1.00. The lowest BCUT2D eigenvalue weighted by atomic mass is 9.48. The zero-order valence-electron chi connectivity index (χ0n) is 10.8. The average molecular weight is 282 g/mol. The van der Waals surface area contributed by atoms with Gasteiger partial charge in [-0.2, -0.15) is 13.2 Å². The summed E-state index contributed by atoms with van der Waals surface area (Å²) in [6.45, 7) is 0. The Morgan fingerprint density at radius 3 is 1.58 bits per heavy atom. The van der Waals surface area contributed by atoms with Crippen molar-refractivity contribution < 1.29 is 22.0 Å². The molecule has 5 heteroatoms. The van der Waals surface area contributed by atoms with Crippen molar-refractivity contribution in [3.05, 3.63) is 0 Å². The van der Waals surface area contributed by atoms with Gasteiger partial charge in [-0.25, -0.2) is 8.78 Å². The zero-order valence-corrected chi connectivity index (χ0v) is 10.8. The number of alkyl halides is 5. The molecular formula is C14H19F5. The van der Waals surface area contributed by atoms with Gasteiger partial charge >= 0.3 is 6.18 Å². The molecule has 0 aromatic rings. The van der Waals surface area contributed by atoms with E-state index in [1.165, 1.54) is 0 Å². The Labute approximate surface area is 109 Å². The highest BCUT2D eigenvalue weighted by Gasteiger charge is 2.56. The highest BCUT2D eigenvalue weighted by atomic mass is 19.4. The van der Waals surface area contributed by atoms with Crippen LogP contribution in [0.3, 0.4) is 0 Å². The van der Waals surface area contributed by atoms with E-state index in [1.807, 2.05) is 0 Å². The molecule has 0 atom stereocenters. The van der Waals surface area contributed by atoms with Crippen molar-refractivity contribution in [3.63, 3.8) is 0 Å². The predicted molar refractivity (Wildman–Crippen MR) is 60.8 cm³/mol. The standard InChI is InChI=1S/C14H19F5/c15-13(16,8-14(17,18)19)7-12-4-9-1-10(5-12)3-11(2-9)6-12/h9-11H,1-8H2. The third-order valence-electron chi connectivity index (χ3n) is 5.26. The zero-order chi connectivity index (χ0) is 13.9. The molecule has 0 aliphatic heterocycles. The Bertz CT molecular complexity index is 322. The molecule has 110 valence electrons. The number of hydrogen-bond donors (Lipinski definition) is 0. The van der Waals surface area contributed by atoms with Crippen LogP contribution >= 0.6 is 0 Å². The quantitative estimate of drug-likeness (QED) is 0.626. The van der Waals surface area contributed by atoms with Crippen molar-refractivity contribution >= 4 is 0 Å². The van der Waals surface area contributed by atoms with E-state index < -0.39 is 30.4 Å². The van der Waals surface area contributed by atoms with Gasteiger partial charge in [-0.15, -0.1) is 0 Å². The third-order valence-corrected chi connectivity index (χ3v) is 5.26. The minimum Gasteiger partial charge on any atom is -0.206 e. The van der Waals surface area contributed by atoms with E-state index >= 15 is 0 Å². The summed E-state index contributed by atoms with van der Waals surface area (Å²) < 4.78 is 64.1. The van der Waals surface area contributed by atoms with Crippen molar-refractivity contribution in [2.24, 2.45) is 23.2 Å². The molecule has 0 saturated heterocycles. The Kier molecular flexibility index (Phi) is 2.92. The van der Waals surface area contributed by atoms with Crippen molar-refractivity contribution in [2.45, 2.75) is 63.5 Å². The van der Waals surface area contributed by atoms with Crippen LogP contribution in [0, 0.1) is 23.2 Å². The Hall–Kier alpha value is -0.350. The highest BCUT2D eigenvalue weighted by Crippen LogP contribution is 2.63. The van der Waals surface area contributed by atoms with Gasteiger partial charge < -0.3 is 0 Å². The van der Waals surface area contributed by atoms with Crippen LogP contribution in [0.4, 0.5) is 22.0 Å². The summed E-state index contributed by atoms with van der Waals surface area (Å²) in [5.74, 6) is -2.11. The highest BCUT2D eigenvalue weighted by molar-refractivity contribution is 5.03. The van der Waals surface area contributed by atoms with Crippen molar-refractivity contribution in [2.75, 3.05) is 0 Å². The summed E-state index contributed by atoms with van der Waals surface area (Å²) in [6.07, 6.45) is -1.75. The molecule has 0 N–H and O–H groups in total. The molecule has 0 amide bonds. The van der Waals surface area contributed by atoms with E-state index in [4.69, 9.17) is 0 Å². The molecule has 4 saturated carbocycles. The minimum absolute atomic E-state index is 0.493. The van der Waals surface area contributed by atoms with Gasteiger partial charge in [-0.1, -0.05) is 0 Å². The van der Waals surface area contributed by atoms with E-state index in [-0.39, 0.29) is 0 Å². The molecule has 0 heterocycles. The lowest BCUT2D eigenvalue weighted by Gasteiger charge is -2.57. The van der Waals surface area contributed by atoms with E-state index in [2.05, 4.69) is 0 Å². The topological polar surface area (TPSA) is 0 Å². The van der Waals surface area contributed by atoms with E-state index in [0.29, 0.717) is 17.8 Å². The summed E-state index contributed by atoms with van der Waals surface area (Å²) in [6, 6.07) is 0. The van der Waals surface area contributed by atoms with Gasteiger partial charge in [0.05, 0.1) is 0 Å². The molecule has 4 bridgehead atoms. The molecule has 4 rings (SSSR count). The maximum atomic E-state index is 13.7. The van der Waals surface area contributed by atoms with Crippen LogP contribution in [-0.4, -0.2) is 12.1 Å². The lowest BCUT2D eigenvalue weighted by molar-refractivity contribution is -0.205. The Morgan fingerprint density at radius 1 is 0.789 bits per heavy atom. The van der Waals surface area contributed by atoms with Crippen molar-refractivity contribution in [3.8, 4) is 0 Å². The minimum atomic E-state index is -4.77. The third kappa shape index (κ3) is 2.89. The first kappa shape index (κ1) is 13.6. The normalized spacial score (nSPS) is 41.8. The first-order valence-electron chi connectivity index (χ1n) is 7.09. The second kappa shape index (κ2) is 4.08. The SMILES string of the molecule is FC(F)(F)CC(F)(F)CC12CC3CC(CC(C3)C1)C2. The van der Waals surface area contributed by atoms with Crippen LogP contribution < -0.4 is 0 Å². The summed E-state index contributed by atoms with van der Waals surface area (Å²) in [7, 11) is 0. The van der Waals surface area contributed by atoms with Gasteiger partial charge in [0.15, 0.2) is 0 Å². The first-order valence-corrected chi connectivity index (χ1v) is 7.09. The maximum absolute atomic E-state index is 13.7. The van der Waals surface area contributed by atoms with E-state index in [9.17, 15) is 22.0 Å². The van der Waals surface area contributed by atoms with Gasteiger partial charge in [0.1, 0.15) is 6.42 Å². The number of rotatable bonds is 3. The molecule has 0 aromatic heterocycles. The largest absolute Gasteiger partial charge is 0.394 e. The monoisotopic (exact) mass is 282 g/mol. The molecule has 4 aliphatic rings. The van der Waals surface area contributed by atoms with Gasteiger partial charge in [0, 0.05) is 6.42 Å². The van der Waals surface area contributed by atoms with Crippen LogP contribution in [0.25, 0.3) is 0 Å². The Morgan fingerprint density at radius 2 is 1.21 bits per heavy atom. The van der Waals surface area contributed by atoms with Gasteiger partial charge in [-0.05, 0) is 61.7 Å². The molecule has 0 aromatic carbocycles. The summed E-state index contributed by atoms with van der Waals surface area (Å²) in [4.78, 5) is 0. The molecular weight excluding hydrogens is 263 g/mol. The van der Waals surface area contributed by atoms with Crippen LogP contribution in [0.5, 0.6) is 0 Å². The van der Waals surface area contributed by atoms with Crippen molar-refractivity contribution in [1.82, 2.24) is 0 Å². The summed E-state index contributed by atoms with van der Waals surface area (Å²) in [5.41, 5.74) is -0.497. The first-order chi connectivity index (χ1) is 8.65. The summed E-state index contributed by atoms with van der Waals surface area (Å²) >= 11 is 0. The van der Waals surface area contributed by atoms with E-state index in [1.54, 1.807) is 0 Å². The Balaban J connectivity index is 1.72. The number of hydrogen-bond acceptors (Lipinski definition) is 0. The smallest absolute Gasteiger partial charge is 0.206 e. The van der Waals surface area contributed by atoms with Gasteiger partial charge in [-0.3, -0.25) is 0 Å². The van der Waals surface area contributed by atoms with Crippen LogP contribution in [0.1, 0.15) is 51.4 Å².